The number of carbonyl (C=O) groups is 2. The molecule has 0 aliphatic carbocycles. The van der Waals surface area contributed by atoms with Crippen LogP contribution >= 0.6 is 23.4 Å². The number of rotatable bonds is 3. The number of hydrogen-bond acceptors (Lipinski definition) is 7. The highest BCUT2D eigenvalue weighted by atomic mass is 35.5. The third-order valence-corrected chi connectivity index (χ3v) is 4.38. The van der Waals surface area contributed by atoms with Gasteiger partial charge in [0.15, 0.2) is 5.58 Å². The molecule has 4 heterocycles. The summed E-state index contributed by atoms with van der Waals surface area (Å²) in [7, 11) is 0. The molecule has 1 aliphatic rings. The van der Waals surface area contributed by atoms with Crippen LogP contribution in [0, 0.1) is 0 Å². The molecule has 124 valence electrons. The second-order valence-electron chi connectivity index (χ2n) is 5.10. The first-order valence-corrected chi connectivity index (χ1v) is 8.29. The summed E-state index contributed by atoms with van der Waals surface area (Å²) in [5, 5.41) is 6.10. The number of thioether (sulfide) groups is 1. The van der Waals surface area contributed by atoms with E-state index in [9.17, 15) is 9.59 Å². The number of nitrogens with zero attached hydrogens (tertiary/aromatic N) is 2. The maximum atomic E-state index is 11.6. The normalized spacial score (nSPS) is 15.8. The van der Waals surface area contributed by atoms with E-state index in [-0.39, 0.29) is 4.91 Å². The monoisotopic (exact) mass is 372 g/mol. The molecule has 3 aromatic rings. The number of nitrogens with one attached hydrogen (secondary N) is 2. The average molecular weight is 373 g/mol. The Kier molecular flexibility index (Phi) is 3.90. The number of imide groups is 1. The Morgan fingerprint density at radius 1 is 1.28 bits per heavy atom. The van der Waals surface area contributed by atoms with Crippen molar-refractivity contribution in [2.75, 3.05) is 5.32 Å². The minimum absolute atomic E-state index is 0.285. The zero-order chi connectivity index (χ0) is 17.4. The number of furan rings is 1. The fourth-order valence-electron chi connectivity index (χ4n) is 2.33. The number of halogens is 1. The molecule has 2 amide bonds. The van der Waals surface area contributed by atoms with E-state index in [1.807, 2.05) is 0 Å². The van der Waals surface area contributed by atoms with Crippen LogP contribution in [0.2, 0.25) is 5.15 Å². The molecule has 7 nitrogen and oxygen atoms in total. The zero-order valence-corrected chi connectivity index (χ0v) is 14.0. The summed E-state index contributed by atoms with van der Waals surface area (Å²) in [4.78, 5) is 31.3. The van der Waals surface area contributed by atoms with E-state index in [0.29, 0.717) is 22.2 Å². The van der Waals surface area contributed by atoms with Gasteiger partial charge in [0.25, 0.3) is 11.1 Å². The van der Waals surface area contributed by atoms with E-state index in [2.05, 4.69) is 20.6 Å². The van der Waals surface area contributed by atoms with Crippen molar-refractivity contribution >= 4 is 62.9 Å². The molecule has 0 unspecified atom stereocenters. The molecule has 0 radical (unpaired) electrons. The Bertz CT molecular complexity index is 1050. The van der Waals surface area contributed by atoms with Crippen molar-refractivity contribution in [1.29, 1.82) is 0 Å². The molecule has 1 fully saturated rings. The smallest absolute Gasteiger partial charge is 0.290 e. The number of pyridine rings is 2. The Hall–Kier alpha value is -2.84. The average Bonchev–Trinajstić information content (AvgIpc) is 3.11. The molecule has 0 bridgehead atoms. The van der Waals surface area contributed by atoms with Gasteiger partial charge in [0.05, 0.1) is 11.1 Å². The quantitative estimate of drug-likeness (QED) is 0.530. The van der Waals surface area contributed by atoms with Crippen LogP contribution in [0.5, 0.6) is 0 Å². The van der Waals surface area contributed by atoms with Crippen LogP contribution < -0.4 is 10.6 Å². The van der Waals surface area contributed by atoms with Crippen molar-refractivity contribution in [1.82, 2.24) is 15.3 Å². The summed E-state index contributed by atoms with van der Waals surface area (Å²) in [5.74, 6) is 0.0181. The van der Waals surface area contributed by atoms with E-state index in [1.54, 1.807) is 36.8 Å². The van der Waals surface area contributed by atoms with Crippen molar-refractivity contribution in [3.63, 3.8) is 0 Å². The second kappa shape index (κ2) is 6.23. The Morgan fingerprint density at radius 2 is 2.16 bits per heavy atom. The summed E-state index contributed by atoms with van der Waals surface area (Å²) < 4.78 is 5.82. The van der Waals surface area contributed by atoms with E-state index in [4.69, 9.17) is 16.0 Å². The predicted molar refractivity (Wildman–Crippen MR) is 95.6 cm³/mol. The molecule has 0 atom stereocenters. The van der Waals surface area contributed by atoms with Gasteiger partial charge >= 0.3 is 0 Å². The highest BCUT2D eigenvalue weighted by Crippen LogP contribution is 2.31. The van der Waals surface area contributed by atoms with Gasteiger partial charge in [-0.1, -0.05) is 11.6 Å². The van der Waals surface area contributed by atoms with Gasteiger partial charge in [0.1, 0.15) is 16.6 Å². The van der Waals surface area contributed by atoms with E-state index < -0.39 is 11.1 Å². The number of fused-ring (bicyclic) bond motifs is 1. The van der Waals surface area contributed by atoms with Crippen molar-refractivity contribution in [3.05, 3.63) is 52.6 Å². The molecule has 9 heteroatoms. The Labute approximate surface area is 150 Å². The van der Waals surface area contributed by atoms with Gasteiger partial charge in [-0.3, -0.25) is 19.9 Å². The Balaban J connectivity index is 1.70. The van der Waals surface area contributed by atoms with Crippen LogP contribution in [-0.2, 0) is 4.79 Å². The van der Waals surface area contributed by atoms with Gasteiger partial charge in [-0.25, -0.2) is 4.98 Å². The van der Waals surface area contributed by atoms with Crippen molar-refractivity contribution in [2.45, 2.75) is 0 Å². The lowest BCUT2D eigenvalue weighted by atomic mass is 10.2. The number of anilines is 2. The van der Waals surface area contributed by atoms with Crippen LogP contribution in [0.4, 0.5) is 16.2 Å². The lowest BCUT2D eigenvalue weighted by Gasteiger charge is -2.06. The third-order valence-electron chi connectivity index (χ3n) is 3.36. The molecule has 1 aliphatic heterocycles. The molecular weight excluding hydrogens is 364 g/mol. The molecule has 3 aromatic heterocycles. The number of aromatic nitrogens is 2. The standard InChI is InChI=1S/C16H9ClN4O3S/c17-13-4-9(1-2-19-13)20-11-7-18-6-8-3-10(24-14(8)11)5-12-15(22)21-16(23)25-12/h1-7H,(H,19,20)(H,21,22,23). The predicted octanol–water partition coefficient (Wildman–Crippen LogP) is 3.94. The fraction of sp³-hybridized carbons (Fsp3) is 0. The first kappa shape index (κ1) is 15.7. The fourth-order valence-corrected chi connectivity index (χ4v) is 3.16. The van der Waals surface area contributed by atoms with Gasteiger partial charge in [-0.2, -0.15) is 0 Å². The van der Waals surface area contributed by atoms with Crippen molar-refractivity contribution in [2.24, 2.45) is 0 Å². The number of hydrogen-bond donors (Lipinski definition) is 2. The minimum atomic E-state index is -0.432. The van der Waals surface area contributed by atoms with Gasteiger partial charge in [-0.05, 0) is 30.0 Å². The number of amides is 2. The Morgan fingerprint density at radius 3 is 2.92 bits per heavy atom. The highest BCUT2D eigenvalue weighted by molar-refractivity contribution is 8.18. The van der Waals surface area contributed by atoms with Gasteiger partial charge < -0.3 is 9.73 Å². The van der Waals surface area contributed by atoms with Gasteiger partial charge in [-0.15, -0.1) is 0 Å². The summed E-state index contributed by atoms with van der Waals surface area (Å²) >= 11 is 6.72. The largest absolute Gasteiger partial charge is 0.454 e. The van der Waals surface area contributed by atoms with E-state index in [0.717, 1.165) is 22.8 Å². The number of carbonyl (C=O) groups excluding carboxylic acids is 2. The topological polar surface area (TPSA) is 97.1 Å². The highest BCUT2D eigenvalue weighted by Gasteiger charge is 2.25. The maximum Gasteiger partial charge on any atom is 0.290 e. The van der Waals surface area contributed by atoms with Crippen LogP contribution in [0.15, 0.2) is 46.1 Å². The molecule has 0 spiro atoms. The summed E-state index contributed by atoms with van der Waals surface area (Å²) in [5.41, 5.74) is 1.95. The molecule has 0 saturated carbocycles. The molecule has 25 heavy (non-hydrogen) atoms. The second-order valence-corrected chi connectivity index (χ2v) is 6.50. The first-order valence-electron chi connectivity index (χ1n) is 7.09. The molecular formula is C16H9ClN4O3S. The van der Waals surface area contributed by atoms with E-state index >= 15 is 0 Å². The van der Waals surface area contributed by atoms with Crippen LogP contribution in [0.3, 0.4) is 0 Å². The SMILES string of the molecule is O=C1NC(=O)C(=Cc2cc3cncc(Nc4ccnc(Cl)c4)c3o2)S1. The van der Waals surface area contributed by atoms with Crippen LogP contribution in [0.25, 0.3) is 17.0 Å². The van der Waals surface area contributed by atoms with Crippen LogP contribution in [-0.4, -0.2) is 21.1 Å². The lowest BCUT2D eigenvalue weighted by molar-refractivity contribution is -0.115. The first-order chi connectivity index (χ1) is 12.1. The van der Waals surface area contributed by atoms with Gasteiger partial charge in [0, 0.05) is 29.5 Å². The maximum absolute atomic E-state index is 11.6. The van der Waals surface area contributed by atoms with Crippen molar-refractivity contribution in [3.8, 4) is 0 Å². The summed E-state index contributed by atoms with van der Waals surface area (Å²) in [6, 6.07) is 5.19. The molecule has 2 N–H and O–H groups in total. The van der Waals surface area contributed by atoms with Crippen LogP contribution in [0.1, 0.15) is 5.76 Å². The van der Waals surface area contributed by atoms with E-state index in [1.165, 1.54) is 6.08 Å². The third kappa shape index (κ3) is 3.21. The van der Waals surface area contributed by atoms with Crippen molar-refractivity contribution < 1.29 is 14.0 Å². The minimum Gasteiger partial charge on any atom is -0.454 e. The zero-order valence-electron chi connectivity index (χ0n) is 12.4. The summed E-state index contributed by atoms with van der Waals surface area (Å²) in [6.07, 6.45) is 6.39. The molecule has 4 rings (SSSR count). The lowest BCUT2D eigenvalue weighted by Crippen LogP contribution is -2.17. The summed E-state index contributed by atoms with van der Waals surface area (Å²) in [6.45, 7) is 0. The molecule has 1 saturated heterocycles. The van der Waals surface area contributed by atoms with Gasteiger partial charge in [0.2, 0.25) is 0 Å². The molecule has 0 aromatic carbocycles.